The number of anilines is 2. The number of para-hydroxylation sites is 1. The molecular weight excluding hydrogens is 368 g/mol. The molecule has 0 aromatic heterocycles. The number of ether oxygens (including phenoxy) is 1. The number of benzene rings is 2. The molecule has 1 unspecified atom stereocenters. The van der Waals surface area contributed by atoms with Gasteiger partial charge >= 0.3 is 5.97 Å². The van der Waals surface area contributed by atoms with Crippen LogP contribution in [0.25, 0.3) is 0 Å². The molecule has 1 heterocycles. The first-order valence-corrected chi connectivity index (χ1v) is 8.81. The van der Waals surface area contributed by atoms with Crippen molar-refractivity contribution >= 4 is 40.8 Å². The van der Waals surface area contributed by atoms with E-state index >= 15 is 0 Å². The van der Waals surface area contributed by atoms with E-state index in [0.717, 1.165) is 5.69 Å². The van der Waals surface area contributed by atoms with E-state index in [9.17, 15) is 14.4 Å². The summed E-state index contributed by atoms with van der Waals surface area (Å²) >= 11 is 6.23. The lowest BCUT2D eigenvalue weighted by molar-refractivity contribution is -0.124. The Balaban J connectivity index is 1.82. The lowest BCUT2D eigenvalue weighted by atomic mass is 10.1. The molecule has 2 amide bonds. The molecule has 0 aliphatic carbocycles. The smallest absolute Gasteiger partial charge is 0.337 e. The Bertz CT molecular complexity index is 885. The van der Waals surface area contributed by atoms with Crippen LogP contribution >= 0.6 is 11.6 Å². The van der Waals surface area contributed by atoms with Gasteiger partial charge in [0, 0.05) is 25.7 Å². The molecule has 0 bridgehead atoms. The van der Waals surface area contributed by atoms with Gasteiger partial charge in [-0.1, -0.05) is 29.8 Å². The highest BCUT2D eigenvalue weighted by Gasteiger charge is 2.37. The molecule has 27 heavy (non-hydrogen) atoms. The molecule has 1 aliphatic heterocycles. The fourth-order valence-electron chi connectivity index (χ4n) is 3.12. The minimum atomic E-state index is -0.518. The topological polar surface area (TPSA) is 66.9 Å². The first kappa shape index (κ1) is 18.9. The normalized spacial score (nSPS) is 16.3. The van der Waals surface area contributed by atoms with Crippen LogP contribution < -0.4 is 9.80 Å². The third kappa shape index (κ3) is 3.80. The molecule has 1 aliphatic rings. The molecule has 1 saturated heterocycles. The molecule has 0 N–H and O–H groups in total. The van der Waals surface area contributed by atoms with E-state index in [4.69, 9.17) is 16.3 Å². The fourth-order valence-corrected chi connectivity index (χ4v) is 3.34. The van der Waals surface area contributed by atoms with Gasteiger partial charge in [-0.05, 0) is 30.3 Å². The second-order valence-corrected chi connectivity index (χ2v) is 6.70. The maximum Gasteiger partial charge on any atom is 0.337 e. The molecular formula is C20H19ClN2O4. The quantitative estimate of drug-likeness (QED) is 0.757. The number of carbonyl (C=O) groups is 3. The fraction of sp³-hybridized carbons (Fsp3) is 0.250. The summed E-state index contributed by atoms with van der Waals surface area (Å²) in [6, 6.07) is 13.8. The molecule has 2 aromatic rings. The van der Waals surface area contributed by atoms with Crippen molar-refractivity contribution < 1.29 is 19.1 Å². The van der Waals surface area contributed by atoms with Crippen molar-refractivity contribution in [2.24, 2.45) is 5.92 Å². The number of carbonyl (C=O) groups excluding carboxylic acids is 3. The number of halogens is 1. The number of amides is 2. The van der Waals surface area contributed by atoms with E-state index in [1.165, 1.54) is 24.1 Å². The Kier molecular flexibility index (Phi) is 5.46. The number of nitrogens with zero attached hydrogens (tertiary/aromatic N) is 2. The lowest BCUT2D eigenvalue weighted by Gasteiger charge is -2.22. The van der Waals surface area contributed by atoms with Crippen LogP contribution in [0.15, 0.2) is 48.5 Å². The minimum absolute atomic E-state index is 0.0921. The van der Waals surface area contributed by atoms with Gasteiger partial charge in [0.05, 0.1) is 29.3 Å². The van der Waals surface area contributed by atoms with E-state index in [1.807, 2.05) is 30.3 Å². The van der Waals surface area contributed by atoms with E-state index in [-0.39, 0.29) is 24.8 Å². The number of methoxy groups -OCH3 is 1. The molecule has 3 rings (SSSR count). The molecule has 7 heteroatoms. The number of rotatable bonds is 4. The summed E-state index contributed by atoms with van der Waals surface area (Å²) in [6.07, 6.45) is 0.0921. The van der Waals surface area contributed by atoms with Crippen LogP contribution in [0.4, 0.5) is 11.4 Å². The van der Waals surface area contributed by atoms with Crippen LogP contribution in [0.1, 0.15) is 16.8 Å². The first-order chi connectivity index (χ1) is 12.9. The largest absolute Gasteiger partial charge is 0.465 e. The molecule has 6 nitrogen and oxygen atoms in total. The Hall–Kier alpha value is -2.86. The average Bonchev–Trinajstić information content (AvgIpc) is 3.08. The monoisotopic (exact) mass is 386 g/mol. The highest BCUT2D eigenvalue weighted by atomic mass is 35.5. The summed E-state index contributed by atoms with van der Waals surface area (Å²) < 4.78 is 4.71. The van der Waals surface area contributed by atoms with Gasteiger partial charge in [0.2, 0.25) is 11.8 Å². The van der Waals surface area contributed by atoms with Crippen molar-refractivity contribution in [2.75, 3.05) is 30.5 Å². The zero-order valence-corrected chi connectivity index (χ0v) is 15.8. The van der Waals surface area contributed by atoms with Crippen molar-refractivity contribution in [3.05, 3.63) is 59.1 Å². The van der Waals surface area contributed by atoms with Gasteiger partial charge in [0.25, 0.3) is 0 Å². The van der Waals surface area contributed by atoms with Gasteiger partial charge in [-0.2, -0.15) is 0 Å². The molecule has 0 saturated carbocycles. The SMILES string of the molecule is COC(=O)c1ccc(Cl)c(N2CC(C(=O)N(C)c3ccccc3)CC2=O)c1. The third-order valence-corrected chi connectivity index (χ3v) is 4.93. The van der Waals surface area contributed by atoms with Gasteiger partial charge in [-0.3, -0.25) is 9.59 Å². The standard InChI is InChI=1S/C20H19ClN2O4/c1-22(15-6-4-3-5-7-15)19(25)14-11-18(24)23(12-14)17-10-13(20(26)27-2)8-9-16(17)21/h3-10,14H,11-12H2,1-2H3. The Labute approximate surface area is 162 Å². The summed E-state index contributed by atoms with van der Waals surface area (Å²) in [6.45, 7) is 0.208. The zero-order chi connectivity index (χ0) is 19.6. The van der Waals surface area contributed by atoms with Crippen LogP contribution in [-0.2, 0) is 14.3 Å². The average molecular weight is 387 g/mol. The van der Waals surface area contributed by atoms with Crippen LogP contribution in [-0.4, -0.2) is 38.5 Å². The Morgan fingerprint density at radius 1 is 1.19 bits per heavy atom. The summed E-state index contributed by atoms with van der Waals surface area (Å²) in [5.74, 6) is -1.35. The number of esters is 1. The van der Waals surface area contributed by atoms with Gasteiger partial charge in [0.1, 0.15) is 0 Å². The molecule has 2 aromatic carbocycles. The maximum absolute atomic E-state index is 12.8. The predicted molar refractivity (Wildman–Crippen MR) is 103 cm³/mol. The molecule has 140 valence electrons. The molecule has 1 fully saturated rings. The van der Waals surface area contributed by atoms with Crippen LogP contribution in [0.5, 0.6) is 0 Å². The lowest BCUT2D eigenvalue weighted by Crippen LogP contribution is -2.34. The van der Waals surface area contributed by atoms with Crippen molar-refractivity contribution in [1.29, 1.82) is 0 Å². The van der Waals surface area contributed by atoms with Crippen LogP contribution in [0.3, 0.4) is 0 Å². The van der Waals surface area contributed by atoms with Crippen molar-refractivity contribution in [3.8, 4) is 0 Å². The zero-order valence-electron chi connectivity index (χ0n) is 15.0. The van der Waals surface area contributed by atoms with Gasteiger partial charge in [-0.25, -0.2) is 4.79 Å². The number of hydrogen-bond acceptors (Lipinski definition) is 4. The van der Waals surface area contributed by atoms with Gasteiger partial charge < -0.3 is 14.5 Å². The van der Waals surface area contributed by atoms with E-state index in [0.29, 0.717) is 16.3 Å². The Morgan fingerprint density at radius 3 is 2.56 bits per heavy atom. The van der Waals surface area contributed by atoms with Gasteiger partial charge in [0.15, 0.2) is 0 Å². The summed E-state index contributed by atoms with van der Waals surface area (Å²) in [4.78, 5) is 40.1. The minimum Gasteiger partial charge on any atom is -0.465 e. The van der Waals surface area contributed by atoms with E-state index < -0.39 is 11.9 Å². The van der Waals surface area contributed by atoms with Crippen molar-refractivity contribution in [1.82, 2.24) is 0 Å². The Morgan fingerprint density at radius 2 is 1.89 bits per heavy atom. The maximum atomic E-state index is 12.8. The predicted octanol–water partition coefficient (Wildman–Crippen LogP) is 3.14. The summed E-state index contributed by atoms with van der Waals surface area (Å²) in [5.41, 5.74) is 1.46. The molecule has 0 spiro atoms. The van der Waals surface area contributed by atoms with Crippen LogP contribution in [0, 0.1) is 5.92 Å². The van der Waals surface area contributed by atoms with Crippen LogP contribution in [0.2, 0.25) is 5.02 Å². The summed E-state index contributed by atoms with van der Waals surface area (Å²) in [7, 11) is 2.97. The third-order valence-electron chi connectivity index (χ3n) is 4.61. The number of hydrogen-bond donors (Lipinski definition) is 0. The van der Waals surface area contributed by atoms with E-state index in [2.05, 4.69) is 0 Å². The molecule has 1 atom stereocenters. The first-order valence-electron chi connectivity index (χ1n) is 8.43. The highest BCUT2D eigenvalue weighted by Crippen LogP contribution is 2.33. The van der Waals surface area contributed by atoms with E-state index in [1.54, 1.807) is 18.0 Å². The van der Waals surface area contributed by atoms with Crippen molar-refractivity contribution in [2.45, 2.75) is 6.42 Å². The summed E-state index contributed by atoms with van der Waals surface area (Å²) in [5, 5.41) is 0.334. The molecule has 0 radical (unpaired) electrons. The van der Waals surface area contributed by atoms with Gasteiger partial charge in [-0.15, -0.1) is 0 Å². The second kappa shape index (κ2) is 7.80. The van der Waals surface area contributed by atoms with Crippen molar-refractivity contribution in [3.63, 3.8) is 0 Å². The highest BCUT2D eigenvalue weighted by molar-refractivity contribution is 6.34. The second-order valence-electron chi connectivity index (χ2n) is 6.30.